The van der Waals surface area contributed by atoms with E-state index in [1.54, 1.807) is 0 Å². The van der Waals surface area contributed by atoms with Crippen LogP contribution in [0.1, 0.15) is 18.4 Å². The number of benzene rings is 1. The van der Waals surface area contributed by atoms with Crippen molar-refractivity contribution < 1.29 is 14.6 Å². The first-order valence-electron chi connectivity index (χ1n) is 6.00. The summed E-state index contributed by atoms with van der Waals surface area (Å²) in [5, 5.41) is 9.11. The van der Waals surface area contributed by atoms with Gasteiger partial charge in [-0.2, -0.15) is 0 Å². The van der Waals surface area contributed by atoms with Gasteiger partial charge in [-0.1, -0.05) is 0 Å². The van der Waals surface area contributed by atoms with Crippen LogP contribution in [0, 0.1) is 5.92 Å². The molecule has 0 aromatic heterocycles. The zero-order valence-electron chi connectivity index (χ0n) is 9.99. The van der Waals surface area contributed by atoms with E-state index in [2.05, 4.69) is 31.9 Å². The molecule has 0 aliphatic carbocycles. The van der Waals surface area contributed by atoms with Gasteiger partial charge in [-0.25, -0.2) is 0 Å². The van der Waals surface area contributed by atoms with Crippen LogP contribution in [0.5, 0.6) is 5.75 Å². The van der Waals surface area contributed by atoms with Gasteiger partial charge in [0.1, 0.15) is 5.75 Å². The standard InChI is InChI=1S/C13H16Br2O3/c14-11-5-10(7-16)6-12(15)13(11)18-8-9-1-3-17-4-2-9/h5-6,9,16H,1-4,7-8H2. The fourth-order valence-electron chi connectivity index (χ4n) is 1.96. The fraction of sp³-hybridized carbons (Fsp3) is 0.538. The smallest absolute Gasteiger partial charge is 0.147 e. The first-order chi connectivity index (χ1) is 8.70. The molecule has 3 nitrogen and oxygen atoms in total. The summed E-state index contributed by atoms with van der Waals surface area (Å²) in [4.78, 5) is 0. The van der Waals surface area contributed by atoms with Gasteiger partial charge in [-0.3, -0.25) is 0 Å². The van der Waals surface area contributed by atoms with E-state index in [9.17, 15) is 0 Å². The quantitative estimate of drug-likeness (QED) is 0.869. The predicted molar refractivity (Wildman–Crippen MR) is 76.8 cm³/mol. The molecule has 1 saturated heterocycles. The summed E-state index contributed by atoms with van der Waals surface area (Å²) in [7, 11) is 0. The number of hydrogen-bond acceptors (Lipinski definition) is 3. The fourth-order valence-corrected chi connectivity index (χ4v) is 3.47. The number of aliphatic hydroxyl groups is 1. The summed E-state index contributed by atoms with van der Waals surface area (Å²) in [6.07, 6.45) is 2.12. The first kappa shape index (κ1) is 14.3. The van der Waals surface area contributed by atoms with Crippen LogP contribution in [0.2, 0.25) is 0 Å². The molecule has 1 aliphatic heterocycles. The van der Waals surface area contributed by atoms with Gasteiger partial charge in [0, 0.05) is 13.2 Å². The largest absolute Gasteiger partial charge is 0.491 e. The molecular weight excluding hydrogens is 364 g/mol. The van der Waals surface area contributed by atoms with Crippen LogP contribution >= 0.6 is 31.9 Å². The van der Waals surface area contributed by atoms with Crippen molar-refractivity contribution in [3.63, 3.8) is 0 Å². The molecule has 0 unspecified atom stereocenters. The molecule has 2 rings (SSSR count). The highest BCUT2D eigenvalue weighted by Gasteiger charge is 2.16. The topological polar surface area (TPSA) is 38.7 Å². The van der Waals surface area contributed by atoms with E-state index in [1.807, 2.05) is 12.1 Å². The van der Waals surface area contributed by atoms with Crippen LogP contribution in [0.3, 0.4) is 0 Å². The third-order valence-corrected chi connectivity index (χ3v) is 4.22. The Morgan fingerprint density at radius 3 is 2.39 bits per heavy atom. The SMILES string of the molecule is OCc1cc(Br)c(OCC2CCOCC2)c(Br)c1. The molecule has 1 aromatic rings. The molecule has 18 heavy (non-hydrogen) atoms. The zero-order chi connectivity index (χ0) is 13.0. The highest BCUT2D eigenvalue weighted by atomic mass is 79.9. The molecule has 1 aliphatic rings. The van der Waals surface area contributed by atoms with E-state index < -0.39 is 0 Å². The third kappa shape index (κ3) is 3.70. The molecule has 0 atom stereocenters. The van der Waals surface area contributed by atoms with Crippen LogP contribution in [-0.2, 0) is 11.3 Å². The lowest BCUT2D eigenvalue weighted by Crippen LogP contribution is -2.21. The van der Waals surface area contributed by atoms with Gasteiger partial charge in [0.05, 0.1) is 22.2 Å². The Labute approximate surface area is 124 Å². The first-order valence-corrected chi connectivity index (χ1v) is 7.58. The van der Waals surface area contributed by atoms with E-state index in [1.165, 1.54) is 0 Å². The Kier molecular flexibility index (Phi) is 5.48. The van der Waals surface area contributed by atoms with Crippen LogP contribution in [-0.4, -0.2) is 24.9 Å². The minimum Gasteiger partial charge on any atom is -0.491 e. The highest BCUT2D eigenvalue weighted by molar-refractivity contribution is 9.11. The van der Waals surface area contributed by atoms with Gasteiger partial charge in [-0.05, 0) is 68.3 Å². The number of halogens is 2. The molecule has 0 amide bonds. The molecule has 1 N–H and O–H groups in total. The Balaban J connectivity index is 2.00. The van der Waals surface area contributed by atoms with E-state index in [0.717, 1.165) is 46.3 Å². The summed E-state index contributed by atoms with van der Waals surface area (Å²) in [5.74, 6) is 1.37. The monoisotopic (exact) mass is 378 g/mol. The van der Waals surface area contributed by atoms with Crippen LogP contribution in [0.4, 0.5) is 0 Å². The minimum atomic E-state index is 0.0252. The Bertz CT molecular complexity index is 380. The van der Waals surface area contributed by atoms with Crippen molar-refractivity contribution in [3.8, 4) is 5.75 Å². The van der Waals surface area contributed by atoms with Gasteiger partial charge in [0.25, 0.3) is 0 Å². The summed E-state index contributed by atoms with van der Waals surface area (Å²) >= 11 is 6.95. The highest BCUT2D eigenvalue weighted by Crippen LogP contribution is 2.35. The maximum absolute atomic E-state index is 9.11. The van der Waals surface area contributed by atoms with Crippen LogP contribution < -0.4 is 4.74 Å². The second kappa shape index (κ2) is 6.89. The minimum absolute atomic E-state index is 0.0252. The van der Waals surface area contributed by atoms with E-state index in [4.69, 9.17) is 14.6 Å². The van der Waals surface area contributed by atoms with E-state index >= 15 is 0 Å². The van der Waals surface area contributed by atoms with Gasteiger partial charge in [0.2, 0.25) is 0 Å². The molecule has 0 spiro atoms. The van der Waals surface area contributed by atoms with Crippen molar-refractivity contribution in [1.82, 2.24) is 0 Å². The maximum Gasteiger partial charge on any atom is 0.147 e. The number of rotatable bonds is 4. The van der Waals surface area contributed by atoms with Gasteiger partial charge in [0.15, 0.2) is 0 Å². The average Bonchev–Trinajstić information content (AvgIpc) is 2.38. The number of aliphatic hydroxyl groups excluding tert-OH is 1. The van der Waals surface area contributed by atoms with Crippen molar-refractivity contribution in [2.24, 2.45) is 5.92 Å². The summed E-state index contributed by atoms with van der Waals surface area (Å²) < 4.78 is 12.9. The number of ether oxygens (including phenoxy) is 2. The van der Waals surface area contributed by atoms with E-state index in [-0.39, 0.29) is 6.61 Å². The Morgan fingerprint density at radius 1 is 1.22 bits per heavy atom. The lowest BCUT2D eigenvalue weighted by Gasteiger charge is -2.22. The van der Waals surface area contributed by atoms with E-state index in [0.29, 0.717) is 12.5 Å². The van der Waals surface area contributed by atoms with Gasteiger partial charge < -0.3 is 14.6 Å². The predicted octanol–water partition coefficient (Wildman–Crippen LogP) is 3.51. The van der Waals surface area contributed by atoms with Gasteiger partial charge in [-0.15, -0.1) is 0 Å². The molecule has 0 bridgehead atoms. The summed E-state index contributed by atoms with van der Waals surface area (Å²) in [6, 6.07) is 3.76. The molecule has 1 aromatic carbocycles. The normalized spacial score (nSPS) is 16.8. The third-order valence-electron chi connectivity index (χ3n) is 3.04. The molecule has 5 heteroatoms. The average molecular weight is 380 g/mol. The maximum atomic E-state index is 9.11. The Morgan fingerprint density at radius 2 is 1.83 bits per heavy atom. The lowest BCUT2D eigenvalue weighted by molar-refractivity contribution is 0.0495. The van der Waals surface area contributed by atoms with Crippen LogP contribution in [0.25, 0.3) is 0 Å². The summed E-state index contributed by atoms with van der Waals surface area (Å²) in [6.45, 7) is 2.40. The van der Waals surface area contributed by atoms with Crippen molar-refractivity contribution >= 4 is 31.9 Å². The lowest BCUT2D eigenvalue weighted by atomic mass is 10.0. The zero-order valence-corrected chi connectivity index (χ0v) is 13.2. The number of hydrogen-bond donors (Lipinski definition) is 1. The molecule has 100 valence electrons. The van der Waals surface area contributed by atoms with Crippen molar-refractivity contribution in [2.45, 2.75) is 19.4 Å². The van der Waals surface area contributed by atoms with Gasteiger partial charge >= 0.3 is 0 Å². The van der Waals surface area contributed by atoms with Crippen molar-refractivity contribution in [1.29, 1.82) is 0 Å². The molecule has 0 radical (unpaired) electrons. The second-order valence-electron chi connectivity index (χ2n) is 4.41. The second-order valence-corrected chi connectivity index (χ2v) is 6.12. The van der Waals surface area contributed by atoms with Crippen molar-refractivity contribution in [2.75, 3.05) is 19.8 Å². The van der Waals surface area contributed by atoms with Crippen molar-refractivity contribution in [3.05, 3.63) is 26.6 Å². The Hall–Kier alpha value is -0.100. The molecule has 1 fully saturated rings. The molecular formula is C13H16Br2O3. The van der Waals surface area contributed by atoms with Crippen LogP contribution in [0.15, 0.2) is 21.1 Å². The molecule has 0 saturated carbocycles. The molecule has 1 heterocycles. The summed E-state index contributed by atoms with van der Waals surface area (Å²) in [5.41, 5.74) is 0.854.